The number of likely N-dealkylation sites (tertiary alicyclic amines) is 2. The minimum absolute atomic E-state index is 0.0236. The number of hydrogen-bond acceptors (Lipinski definition) is 6. The average molecular weight is 473 g/mol. The highest BCUT2D eigenvalue weighted by Crippen LogP contribution is 2.40. The number of nitrogens with two attached hydrogens (primary N) is 1. The lowest BCUT2D eigenvalue weighted by Gasteiger charge is -2.59. The third-order valence-electron chi connectivity index (χ3n) is 6.40. The van der Waals surface area contributed by atoms with Gasteiger partial charge in [0.2, 0.25) is 0 Å². The van der Waals surface area contributed by atoms with Crippen LogP contribution in [0.25, 0.3) is 11.3 Å². The fourth-order valence-electron chi connectivity index (χ4n) is 4.87. The van der Waals surface area contributed by atoms with Crippen LogP contribution in [0.2, 0.25) is 5.02 Å². The molecule has 7 nitrogen and oxygen atoms in total. The monoisotopic (exact) mass is 472 g/mol. The average Bonchev–Trinajstić information content (AvgIpc) is 2.79. The largest absolute Gasteiger partial charge is 0.384 e. The quantitative estimate of drug-likeness (QED) is 0.589. The zero-order chi connectivity index (χ0) is 23.9. The Labute approximate surface area is 204 Å². The first-order valence-electron chi connectivity index (χ1n) is 11.2. The van der Waals surface area contributed by atoms with Gasteiger partial charge >= 0.3 is 0 Å². The number of carbonyl (C=O) groups excluding carboxylic acids is 1. The molecule has 2 aromatic heterocycles. The molecule has 0 unspecified atom stereocenters. The summed E-state index contributed by atoms with van der Waals surface area (Å²) in [4.78, 5) is 30.2. The molecule has 2 fully saturated rings. The molecule has 5 rings (SSSR count). The first-order chi connectivity index (χ1) is 16.4. The van der Waals surface area contributed by atoms with Crippen molar-refractivity contribution >= 4 is 23.3 Å². The lowest BCUT2D eigenvalue weighted by molar-refractivity contribution is -0.0871. The first-order valence-corrected chi connectivity index (χ1v) is 11.6. The minimum Gasteiger partial charge on any atom is -0.384 e. The van der Waals surface area contributed by atoms with Crippen molar-refractivity contribution in [3.05, 3.63) is 70.3 Å². The highest BCUT2D eigenvalue weighted by molar-refractivity contribution is 6.34. The smallest absolute Gasteiger partial charge is 0.255 e. The second-order valence-corrected chi connectivity index (χ2v) is 9.55. The fraction of sp³-hybridized carbons (Fsp3) is 0.308. The van der Waals surface area contributed by atoms with Crippen LogP contribution < -0.4 is 5.73 Å². The highest BCUT2D eigenvalue weighted by Gasteiger charge is 2.52. The van der Waals surface area contributed by atoms with E-state index in [1.807, 2.05) is 24.0 Å². The van der Waals surface area contributed by atoms with Gasteiger partial charge < -0.3 is 15.5 Å². The zero-order valence-electron chi connectivity index (χ0n) is 19.2. The van der Waals surface area contributed by atoms with Gasteiger partial charge in [0.1, 0.15) is 12.1 Å². The van der Waals surface area contributed by atoms with E-state index in [1.54, 1.807) is 24.4 Å². The van der Waals surface area contributed by atoms with Crippen molar-refractivity contribution in [3.8, 4) is 23.1 Å². The number of carbonyl (C=O) groups is 1. The molecule has 2 saturated heterocycles. The van der Waals surface area contributed by atoms with E-state index in [1.165, 1.54) is 6.33 Å². The van der Waals surface area contributed by atoms with Crippen molar-refractivity contribution < 1.29 is 4.79 Å². The van der Waals surface area contributed by atoms with Gasteiger partial charge in [0.15, 0.2) is 0 Å². The lowest BCUT2D eigenvalue weighted by Crippen LogP contribution is -2.72. The summed E-state index contributed by atoms with van der Waals surface area (Å²) in [6.45, 7) is 5.70. The molecule has 172 valence electrons. The number of rotatable bonds is 3. The standard InChI is InChI=1S/C26H25ClN6O/c1-3-22-20(7-4-17-5-9-23(28)29-11-17)24(31-16-30-22)18-6-8-19(21(27)10-18)25(34)33-14-26(15-33)12-32(2)13-26/h5-6,8-11,16H,3,12-15H2,1-2H3,(H2,28,29). The molecule has 1 amide bonds. The molecule has 0 aliphatic carbocycles. The Morgan fingerprint density at radius 3 is 2.56 bits per heavy atom. The first kappa shape index (κ1) is 22.3. The molecule has 4 heterocycles. The van der Waals surface area contributed by atoms with Gasteiger partial charge in [-0.3, -0.25) is 4.79 Å². The van der Waals surface area contributed by atoms with Crippen molar-refractivity contribution in [2.75, 3.05) is 39.0 Å². The number of nitrogens with zero attached hydrogens (tertiary/aromatic N) is 5. The Morgan fingerprint density at radius 1 is 1.12 bits per heavy atom. The third kappa shape index (κ3) is 4.11. The van der Waals surface area contributed by atoms with Gasteiger partial charge in [0, 0.05) is 48.9 Å². The number of amides is 1. The van der Waals surface area contributed by atoms with Crippen LogP contribution in [0.3, 0.4) is 0 Å². The maximum atomic E-state index is 13.0. The van der Waals surface area contributed by atoms with Gasteiger partial charge in [-0.25, -0.2) is 15.0 Å². The van der Waals surface area contributed by atoms with E-state index >= 15 is 0 Å². The maximum absolute atomic E-state index is 13.0. The van der Waals surface area contributed by atoms with E-state index < -0.39 is 0 Å². The molecule has 34 heavy (non-hydrogen) atoms. The lowest BCUT2D eigenvalue weighted by atomic mass is 9.73. The molecular formula is C26H25ClN6O. The number of nitrogen functional groups attached to an aromatic ring is 1. The van der Waals surface area contributed by atoms with E-state index in [0.29, 0.717) is 28.5 Å². The molecule has 2 aliphatic rings. The second kappa shape index (κ2) is 8.71. The Kier molecular flexibility index (Phi) is 5.72. The molecule has 1 spiro atoms. The predicted octanol–water partition coefficient (Wildman–Crippen LogP) is 3.12. The molecule has 0 radical (unpaired) electrons. The van der Waals surface area contributed by atoms with Crippen LogP contribution in [-0.4, -0.2) is 63.9 Å². The Bertz CT molecular complexity index is 1310. The normalized spacial score (nSPS) is 16.4. The second-order valence-electron chi connectivity index (χ2n) is 9.15. The minimum atomic E-state index is -0.0236. The molecular weight excluding hydrogens is 448 g/mol. The van der Waals surface area contributed by atoms with Gasteiger partial charge in [-0.1, -0.05) is 36.4 Å². The predicted molar refractivity (Wildman–Crippen MR) is 132 cm³/mol. The van der Waals surface area contributed by atoms with Crippen molar-refractivity contribution in [1.29, 1.82) is 0 Å². The van der Waals surface area contributed by atoms with Crippen molar-refractivity contribution in [2.45, 2.75) is 13.3 Å². The number of anilines is 1. The zero-order valence-corrected chi connectivity index (χ0v) is 19.9. The number of hydrogen-bond donors (Lipinski definition) is 1. The molecule has 2 aliphatic heterocycles. The number of aryl methyl sites for hydroxylation is 1. The Morgan fingerprint density at radius 2 is 1.91 bits per heavy atom. The van der Waals surface area contributed by atoms with Gasteiger partial charge in [-0.15, -0.1) is 0 Å². The Balaban J connectivity index is 1.42. The number of benzene rings is 1. The summed E-state index contributed by atoms with van der Waals surface area (Å²) in [5.41, 5.74) is 10.3. The molecule has 1 aromatic carbocycles. The van der Waals surface area contributed by atoms with E-state index in [0.717, 1.165) is 48.6 Å². The van der Waals surface area contributed by atoms with Crippen LogP contribution in [-0.2, 0) is 6.42 Å². The van der Waals surface area contributed by atoms with Crippen molar-refractivity contribution in [1.82, 2.24) is 24.8 Å². The summed E-state index contributed by atoms with van der Waals surface area (Å²) in [5, 5.41) is 0.410. The van der Waals surface area contributed by atoms with Crippen LogP contribution in [0.4, 0.5) is 5.82 Å². The Hall–Kier alpha value is -3.47. The van der Waals surface area contributed by atoms with Crippen molar-refractivity contribution in [2.24, 2.45) is 5.41 Å². The topological polar surface area (TPSA) is 88.2 Å². The summed E-state index contributed by atoms with van der Waals surface area (Å²) in [7, 11) is 2.10. The summed E-state index contributed by atoms with van der Waals surface area (Å²) in [5.74, 6) is 6.75. The van der Waals surface area contributed by atoms with E-state index in [9.17, 15) is 4.79 Å². The molecule has 0 saturated carbocycles. The number of pyridine rings is 1. The van der Waals surface area contributed by atoms with Crippen LogP contribution >= 0.6 is 11.6 Å². The highest BCUT2D eigenvalue weighted by atomic mass is 35.5. The van der Waals surface area contributed by atoms with Gasteiger partial charge in [0.25, 0.3) is 5.91 Å². The SMILES string of the molecule is CCc1ncnc(-c2ccc(C(=O)N3CC4(CN(C)C4)C3)c(Cl)c2)c1C#Cc1ccc(N)nc1. The van der Waals surface area contributed by atoms with E-state index in [2.05, 4.69) is 38.7 Å². The molecule has 8 heteroatoms. The summed E-state index contributed by atoms with van der Waals surface area (Å²) in [6, 6.07) is 8.99. The van der Waals surface area contributed by atoms with Gasteiger partial charge in [0.05, 0.1) is 27.5 Å². The number of halogens is 1. The van der Waals surface area contributed by atoms with Gasteiger partial charge in [-0.2, -0.15) is 0 Å². The van der Waals surface area contributed by atoms with E-state index in [4.69, 9.17) is 17.3 Å². The van der Waals surface area contributed by atoms with Crippen LogP contribution in [0.1, 0.15) is 34.1 Å². The summed E-state index contributed by atoms with van der Waals surface area (Å²) < 4.78 is 0. The van der Waals surface area contributed by atoms with Crippen LogP contribution in [0, 0.1) is 17.3 Å². The fourth-order valence-corrected chi connectivity index (χ4v) is 5.13. The van der Waals surface area contributed by atoms with E-state index in [-0.39, 0.29) is 11.3 Å². The number of aromatic nitrogens is 3. The van der Waals surface area contributed by atoms with Crippen molar-refractivity contribution in [3.63, 3.8) is 0 Å². The molecule has 3 aromatic rings. The summed E-state index contributed by atoms with van der Waals surface area (Å²) in [6.07, 6.45) is 3.87. The molecule has 0 bridgehead atoms. The van der Waals surface area contributed by atoms with Gasteiger partial charge in [-0.05, 0) is 37.7 Å². The maximum Gasteiger partial charge on any atom is 0.255 e. The van der Waals surface area contributed by atoms with Crippen LogP contribution in [0.15, 0.2) is 42.9 Å². The third-order valence-corrected chi connectivity index (χ3v) is 6.71. The molecule has 2 N–H and O–H groups in total. The molecule has 0 atom stereocenters. The summed E-state index contributed by atoms with van der Waals surface area (Å²) >= 11 is 6.60. The van der Waals surface area contributed by atoms with Crippen LogP contribution in [0.5, 0.6) is 0 Å².